The number of nitrogens with zero attached hydrogens (tertiary/aromatic N) is 1. The summed E-state index contributed by atoms with van der Waals surface area (Å²) >= 11 is 0. The van der Waals surface area contributed by atoms with Gasteiger partial charge in [0.25, 0.3) is 0 Å². The molecule has 0 radical (unpaired) electrons. The number of hydrogen-bond donors (Lipinski definition) is 1. The lowest BCUT2D eigenvalue weighted by atomic mass is 10.0. The third-order valence-electron chi connectivity index (χ3n) is 4.99. The number of piperazine rings is 1. The van der Waals surface area contributed by atoms with Crippen LogP contribution in [0.1, 0.15) is 24.8 Å². The van der Waals surface area contributed by atoms with Crippen LogP contribution in [0.15, 0.2) is 42.5 Å². The fraction of sp³-hybridized carbons (Fsp3) is 0.421. The van der Waals surface area contributed by atoms with Crippen molar-refractivity contribution in [2.24, 2.45) is 5.92 Å². The first-order valence-electron chi connectivity index (χ1n) is 8.23. The molecule has 0 bridgehead atoms. The molecular weight excluding hydrogens is 272 g/mol. The molecule has 3 atom stereocenters. The molecule has 2 fully saturated rings. The van der Waals surface area contributed by atoms with E-state index in [1.807, 2.05) is 4.90 Å². The van der Waals surface area contributed by atoms with Crippen molar-refractivity contribution in [3.8, 4) is 0 Å². The van der Waals surface area contributed by atoms with E-state index in [0.717, 1.165) is 26.1 Å². The highest BCUT2D eigenvalue weighted by Gasteiger charge is 2.46. The van der Waals surface area contributed by atoms with Crippen molar-refractivity contribution in [2.45, 2.75) is 25.3 Å². The molecule has 1 saturated heterocycles. The van der Waals surface area contributed by atoms with Crippen LogP contribution in [0.5, 0.6) is 0 Å². The SMILES string of the molecule is CC1CN(C(=O)C2CC2c2ccc3ccccc3c2)CCN1. The topological polar surface area (TPSA) is 32.3 Å². The third kappa shape index (κ3) is 2.50. The molecule has 22 heavy (non-hydrogen) atoms. The maximum absolute atomic E-state index is 12.7. The van der Waals surface area contributed by atoms with Gasteiger partial charge >= 0.3 is 0 Å². The Balaban J connectivity index is 1.49. The Kier molecular flexibility index (Phi) is 3.38. The largest absolute Gasteiger partial charge is 0.340 e. The highest BCUT2D eigenvalue weighted by molar-refractivity contribution is 5.86. The van der Waals surface area contributed by atoms with Crippen LogP contribution in [0.2, 0.25) is 0 Å². The molecule has 1 aliphatic heterocycles. The fourth-order valence-electron chi connectivity index (χ4n) is 3.64. The monoisotopic (exact) mass is 294 g/mol. The average Bonchev–Trinajstić information content (AvgIpc) is 3.34. The average molecular weight is 294 g/mol. The fourth-order valence-corrected chi connectivity index (χ4v) is 3.64. The van der Waals surface area contributed by atoms with Crippen LogP contribution in [0.4, 0.5) is 0 Å². The van der Waals surface area contributed by atoms with Gasteiger partial charge in [0.2, 0.25) is 5.91 Å². The van der Waals surface area contributed by atoms with E-state index >= 15 is 0 Å². The minimum Gasteiger partial charge on any atom is -0.340 e. The maximum atomic E-state index is 12.7. The van der Waals surface area contributed by atoms with Crippen LogP contribution >= 0.6 is 0 Å². The van der Waals surface area contributed by atoms with Crippen molar-refractivity contribution in [1.29, 1.82) is 0 Å². The number of amides is 1. The lowest BCUT2D eigenvalue weighted by Gasteiger charge is -2.32. The molecule has 0 aromatic heterocycles. The number of carbonyl (C=O) groups excluding carboxylic acids is 1. The third-order valence-corrected chi connectivity index (χ3v) is 4.99. The highest BCUT2D eigenvalue weighted by atomic mass is 16.2. The number of benzene rings is 2. The van der Waals surface area contributed by atoms with Crippen LogP contribution in [-0.4, -0.2) is 36.5 Å². The number of fused-ring (bicyclic) bond motifs is 1. The van der Waals surface area contributed by atoms with E-state index in [9.17, 15) is 4.79 Å². The molecule has 2 aliphatic rings. The molecule has 1 saturated carbocycles. The Bertz CT molecular complexity index is 711. The second-order valence-corrected chi connectivity index (χ2v) is 6.69. The molecule has 1 N–H and O–H groups in total. The van der Waals surface area contributed by atoms with Crippen molar-refractivity contribution in [3.05, 3.63) is 48.0 Å². The predicted molar refractivity (Wildman–Crippen MR) is 88.8 cm³/mol. The number of carbonyl (C=O) groups is 1. The quantitative estimate of drug-likeness (QED) is 0.923. The molecule has 2 aromatic carbocycles. The lowest BCUT2D eigenvalue weighted by molar-refractivity contribution is -0.133. The van der Waals surface area contributed by atoms with Gasteiger partial charge < -0.3 is 10.2 Å². The zero-order chi connectivity index (χ0) is 15.1. The van der Waals surface area contributed by atoms with Gasteiger partial charge in [-0.15, -0.1) is 0 Å². The van der Waals surface area contributed by atoms with Gasteiger partial charge in [-0.1, -0.05) is 42.5 Å². The molecule has 3 heteroatoms. The zero-order valence-corrected chi connectivity index (χ0v) is 13.0. The van der Waals surface area contributed by atoms with Gasteiger partial charge in [-0.3, -0.25) is 4.79 Å². The molecule has 114 valence electrons. The molecular formula is C19H22N2O. The van der Waals surface area contributed by atoms with Crippen LogP contribution in [0.25, 0.3) is 10.8 Å². The number of rotatable bonds is 2. The highest BCUT2D eigenvalue weighted by Crippen LogP contribution is 2.49. The Morgan fingerprint density at radius 1 is 1.18 bits per heavy atom. The Labute approximate surface area is 131 Å². The summed E-state index contributed by atoms with van der Waals surface area (Å²) in [4.78, 5) is 14.7. The first-order valence-corrected chi connectivity index (χ1v) is 8.23. The first kappa shape index (κ1) is 13.8. The number of nitrogens with one attached hydrogen (secondary N) is 1. The van der Waals surface area contributed by atoms with E-state index < -0.39 is 0 Å². The van der Waals surface area contributed by atoms with E-state index in [1.165, 1.54) is 16.3 Å². The predicted octanol–water partition coefficient (Wildman–Crippen LogP) is 2.76. The van der Waals surface area contributed by atoms with E-state index in [-0.39, 0.29) is 5.92 Å². The minimum absolute atomic E-state index is 0.200. The van der Waals surface area contributed by atoms with Crippen LogP contribution in [0, 0.1) is 5.92 Å². The molecule has 2 aromatic rings. The van der Waals surface area contributed by atoms with E-state index in [4.69, 9.17) is 0 Å². The van der Waals surface area contributed by atoms with Crippen molar-refractivity contribution >= 4 is 16.7 Å². The normalized spacial score (nSPS) is 27.9. The van der Waals surface area contributed by atoms with Gasteiger partial charge in [0.15, 0.2) is 0 Å². The molecule has 1 aliphatic carbocycles. The van der Waals surface area contributed by atoms with Crippen LogP contribution < -0.4 is 5.32 Å². The van der Waals surface area contributed by atoms with Gasteiger partial charge in [0, 0.05) is 31.6 Å². The summed E-state index contributed by atoms with van der Waals surface area (Å²) in [7, 11) is 0. The van der Waals surface area contributed by atoms with E-state index in [2.05, 4.69) is 54.7 Å². The van der Waals surface area contributed by atoms with E-state index in [1.54, 1.807) is 0 Å². The van der Waals surface area contributed by atoms with Gasteiger partial charge in [-0.25, -0.2) is 0 Å². The summed E-state index contributed by atoms with van der Waals surface area (Å²) in [5.74, 6) is 0.972. The summed E-state index contributed by atoms with van der Waals surface area (Å²) in [6.07, 6.45) is 1.01. The van der Waals surface area contributed by atoms with Gasteiger partial charge in [-0.2, -0.15) is 0 Å². The smallest absolute Gasteiger partial charge is 0.226 e. The summed E-state index contributed by atoms with van der Waals surface area (Å²) in [5, 5.41) is 5.94. The van der Waals surface area contributed by atoms with Gasteiger partial charge in [-0.05, 0) is 35.6 Å². The lowest BCUT2D eigenvalue weighted by Crippen LogP contribution is -2.51. The summed E-state index contributed by atoms with van der Waals surface area (Å²) in [5.41, 5.74) is 1.32. The second kappa shape index (κ2) is 5.40. The molecule has 1 heterocycles. The molecule has 4 rings (SSSR count). The maximum Gasteiger partial charge on any atom is 0.226 e. The van der Waals surface area contributed by atoms with E-state index in [0.29, 0.717) is 17.9 Å². The van der Waals surface area contributed by atoms with Gasteiger partial charge in [0.05, 0.1) is 0 Å². The second-order valence-electron chi connectivity index (χ2n) is 6.69. The Morgan fingerprint density at radius 2 is 2.00 bits per heavy atom. The minimum atomic E-state index is 0.200. The van der Waals surface area contributed by atoms with Gasteiger partial charge in [0.1, 0.15) is 0 Å². The van der Waals surface area contributed by atoms with Crippen LogP contribution in [0.3, 0.4) is 0 Å². The number of hydrogen-bond acceptors (Lipinski definition) is 2. The zero-order valence-electron chi connectivity index (χ0n) is 13.0. The van der Waals surface area contributed by atoms with Crippen molar-refractivity contribution in [3.63, 3.8) is 0 Å². The van der Waals surface area contributed by atoms with Crippen molar-refractivity contribution in [1.82, 2.24) is 10.2 Å². The Hall–Kier alpha value is -1.87. The first-order chi connectivity index (χ1) is 10.7. The van der Waals surface area contributed by atoms with Crippen molar-refractivity contribution in [2.75, 3.05) is 19.6 Å². The van der Waals surface area contributed by atoms with Crippen molar-refractivity contribution < 1.29 is 4.79 Å². The Morgan fingerprint density at radius 3 is 2.82 bits per heavy atom. The molecule has 3 unspecified atom stereocenters. The standard InChI is InChI=1S/C19H22N2O/c1-13-12-21(9-8-20-13)19(22)18-11-17(18)16-7-6-14-4-2-3-5-15(14)10-16/h2-7,10,13,17-18,20H,8-9,11-12H2,1H3. The van der Waals surface area contributed by atoms with Crippen LogP contribution in [-0.2, 0) is 4.79 Å². The summed E-state index contributed by atoms with van der Waals surface area (Å²) < 4.78 is 0. The molecule has 1 amide bonds. The molecule has 0 spiro atoms. The summed E-state index contributed by atoms with van der Waals surface area (Å²) in [6, 6.07) is 15.5. The summed E-state index contributed by atoms with van der Waals surface area (Å²) in [6.45, 7) is 4.76. The molecule has 3 nitrogen and oxygen atoms in total.